The lowest BCUT2D eigenvalue weighted by molar-refractivity contribution is 0.581. The summed E-state index contributed by atoms with van der Waals surface area (Å²) in [6.45, 7) is 4.56. The first-order valence-electron chi connectivity index (χ1n) is 8.42. The van der Waals surface area contributed by atoms with Gasteiger partial charge in [-0.05, 0) is 48.2 Å². The second kappa shape index (κ2) is 8.47. The van der Waals surface area contributed by atoms with Crippen molar-refractivity contribution in [1.29, 1.82) is 0 Å². The van der Waals surface area contributed by atoms with Crippen molar-refractivity contribution in [3.63, 3.8) is 0 Å². The van der Waals surface area contributed by atoms with Gasteiger partial charge in [-0.25, -0.2) is 0 Å². The first-order chi connectivity index (χ1) is 10.7. The molecule has 2 aromatic rings. The quantitative estimate of drug-likeness (QED) is 0.457. The fraction of sp³-hybridized carbons (Fsp3) is 0.400. The second-order valence-electron chi connectivity index (χ2n) is 6.09. The molecule has 0 saturated carbocycles. The molecule has 0 fully saturated rings. The Kier molecular flexibility index (Phi) is 6.32. The summed E-state index contributed by atoms with van der Waals surface area (Å²) in [5, 5.41) is 3.53. The zero-order valence-corrected chi connectivity index (χ0v) is 13.8. The summed E-state index contributed by atoms with van der Waals surface area (Å²) >= 11 is 0. The van der Waals surface area contributed by atoms with Crippen LogP contribution in [0.1, 0.15) is 57.4 Å². The van der Waals surface area contributed by atoms with Gasteiger partial charge in [-0.3, -0.25) is 0 Å². The predicted octanol–water partition coefficient (Wildman–Crippen LogP) is 6.09. The lowest BCUT2D eigenvalue weighted by atomic mass is 9.93. The topological polar surface area (TPSA) is 38.0 Å². The van der Waals surface area contributed by atoms with Gasteiger partial charge in [0.15, 0.2) is 0 Å². The Morgan fingerprint density at radius 2 is 1.77 bits per heavy atom. The van der Waals surface area contributed by atoms with E-state index in [-0.39, 0.29) is 0 Å². The molecule has 1 unspecified atom stereocenters. The SMILES string of the molecule is CCCCCCC(C)c1cc(N)ccc1Nc1ccccc1. The number of hydrogen-bond acceptors (Lipinski definition) is 2. The smallest absolute Gasteiger partial charge is 0.0421 e. The maximum Gasteiger partial charge on any atom is 0.0421 e. The van der Waals surface area contributed by atoms with Gasteiger partial charge in [-0.15, -0.1) is 0 Å². The summed E-state index contributed by atoms with van der Waals surface area (Å²) in [4.78, 5) is 0. The van der Waals surface area contributed by atoms with E-state index in [1.807, 2.05) is 24.3 Å². The van der Waals surface area contributed by atoms with E-state index < -0.39 is 0 Å². The molecular weight excluding hydrogens is 268 g/mol. The predicted molar refractivity (Wildman–Crippen MR) is 97.8 cm³/mol. The molecular formula is C20H28N2. The molecule has 118 valence electrons. The highest BCUT2D eigenvalue weighted by molar-refractivity contribution is 5.66. The fourth-order valence-corrected chi connectivity index (χ4v) is 2.81. The first kappa shape index (κ1) is 16.4. The van der Waals surface area contributed by atoms with E-state index in [1.54, 1.807) is 0 Å². The van der Waals surface area contributed by atoms with Crippen LogP contribution >= 0.6 is 0 Å². The van der Waals surface area contributed by atoms with Crippen LogP contribution in [0.5, 0.6) is 0 Å². The molecule has 0 spiro atoms. The first-order valence-corrected chi connectivity index (χ1v) is 8.42. The molecule has 22 heavy (non-hydrogen) atoms. The van der Waals surface area contributed by atoms with Crippen molar-refractivity contribution >= 4 is 17.1 Å². The third-order valence-corrected chi connectivity index (χ3v) is 4.15. The van der Waals surface area contributed by atoms with E-state index in [4.69, 9.17) is 5.73 Å². The third kappa shape index (κ3) is 4.80. The molecule has 0 aliphatic heterocycles. The molecule has 2 nitrogen and oxygen atoms in total. The van der Waals surface area contributed by atoms with Crippen LogP contribution < -0.4 is 11.1 Å². The average Bonchev–Trinajstić information content (AvgIpc) is 2.54. The highest BCUT2D eigenvalue weighted by Crippen LogP contribution is 2.32. The summed E-state index contributed by atoms with van der Waals surface area (Å²) in [6, 6.07) is 16.5. The largest absolute Gasteiger partial charge is 0.399 e. The van der Waals surface area contributed by atoms with Crippen LogP contribution in [0.3, 0.4) is 0 Å². The number of para-hydroxylation sites is 1. The van der Waals surface area contributed by atoms with Crippen LogP contribution in [0.15, 0.2) is 48.5 Å². The van der Waals surface area contributed by atoms with Gasteiger partial charge in [0.25, 0.3) is 0 Å². The number of nitrogens with two attached hydrogens (primary N) is 1. The lowest BCUT2D eigenvalue weighted by Gasteiger charge is -2.18. The van der Waals surface area contributed by atoms with Crippen LogP contribution in [0.4, 0.5) is 17.1 Å². The van der Waals surface area contributed by atoms with Crippen LogP contribution in [0, 0.1) is 0 Å². The van der Waals surface area contributed by atoms with Crippen molar-refractivity contribution in [3.05, 3.63) is 54.1 Å². The molecule has 0 aromatic heterocycles. The van der Waals surface area contributed by atoms with E-state index in [9.17, 15) is 0 Å². The van der Waals surface area contributed by atoms with Gasteiger partial charge in [-0.2, -0.15) is 0 Å². The van der Waals surface area contributed by atoms with Gasteiger partial charge in [0, 0.05) is 17.1 Å². The van der Waals surface area contributed by atoms with Crippen LogP contribution in [-0.2, 0) is 0 Å². The Morgan fingerprint density at radius 3 is 2.50 bits per heavy atom. The van der Waals surface area contributed by atoms with E-state index in [0.29, 0.717) is 5.92 Å². The summed E-state index contributed by atoms with van der Waals surface area (Å²) in [6.07, 6.45) is 6.44. The summed E-state index contributed by atoms with van der Waals surface area (Å²) in [5.74, 6) is 0.520. The normalized spacial score (nSPS) is 12.1. The number of unbranched alkanes of at least 4 members (excludes halogenated alkanes) is 3. The minimum Gasteiger partial charge on any atom is -0.399 e. The molecule has 3 N–H and O–H groups in total. The molecule has 2 rings (SSSR count). The van der Waals surface area contributed by atoms with Crippen molar-refractivity contribution in [2.24, 2.45) is 0 Å². The number of nitrogen functional groups attached to an aromatic ring is 1. The third-order valence-electron chi connectivity index (χ3n) is 4.15. The molecule has 2 heteroatoms. The molecule has 1 atom stereocenters. The van der Waals surface area contributed by atoms with E-state index in [2.05, 4.69) is 43.4 Å². The molecule has 0 aliphatic rings. The molecule has 0 aliphatic carbocycles. The Hall–Kier alpha value is -1.96. The van der Waals surface area contributed by atoms with Crippen molar-refractivity contribution < 1.29 is 0 Å². The molecule has 0 saturated heterocycles. The maximum atomic E-state index is 6.01. The van der Waals surface area contributed by atoms with Gasteiger partial charge < -0.3 is 11.1 Å². The van der Waals surface area contributed by atoms with E-state index >= 15 is 0 Å². The van der Waals surface area contributed by atoms with Crippen molar-refractivity contribution in [3.8, 4) is 0 Å². The Morgan fingerprint density at radius 1 is 1.00 bits per heavy atom. The maximum absolute atomic E-state index is 6.01. The number of benzene rings is 2. The second-order valence-corrected chi connectivity index (χ2v) is 6.09. The van der Waals surface area contributed by atoms with Gasteiger partial charge in [0.2, 0.25) is 0 Å². The molecule has 0 bridgehead atoms. The van der Waals surface area contributed by atoms with Crippen molar-refractivity contribution in [2.75, 3.05) is 11.1 Å². The van der Waals surface area contributed by atoms with Crippen molar-refractivity contribution in [2.45, 2.75) is 51.9 Å². The molecule has 0 radical (unpaired) electrons. The highest BCUT2D eigenvalue weighted by atomic mass is 14.9. The van der Waals surface area contributed by atoms with Gasteiger partial charge in [0.05, 0.1) is 0 Å². The van der Waals surface area contributed by atoms with Crippen LogP contribution in [0.25, 0.3) is 0 Å². The zero-order valence-electron chi connectivity index (χ0n) is 13.8. The van der Waals surface area contributed by atoms with Crippen molar-refractivity contribution in [1.82, 2.24) is 0 Å². The van der Waals surface area contributed by atoms with E-state index in [1.165, 1.54) is 43.4 Å². The highest BCUT2D eigenvalue weighted by Gasteiger charge is 2.11. The average molecular weight is 296 g/mol. The zero-order chi connectivity index (χ0) is 15.8. The Labute approximate surface area is 134 Å². The Balaban J connectivity index is 2.10. The van der Waals surface area contributed by atoms with Crippen LogP contribution in [-0.4, -0.2) is 0 Å². The molecule has 2 aromatic carbocycles. The van der Waals surface area contributed by atoms with Gasteiger partial charge in [-0.1, -0.05) is 57.7 Å². The fourth-order valence-electron chi connectivity index (χ4n) is 2.81. The van der Waals surface area contributed by atoms with Gasteiger partial charge in [0.1, 0.15) is 0 Å². The molecule has 0 heterocycles. The number of nitrogens with one attached hydrogen (secondary N) is 1. The van der Waals surface area contributed by atoms with Crippen LogP contribution in [0.2, 0.25) is 0 Å². The standard InChI is InChI=1S/C20H28N2/c1-3-4-5-7-10-16(2)19-15-17(21)13-14-20(19)22-18-11-8-6-9-12-18/h6,8-9,11-16,22H,3-5,7,10,21H2,1-2H3. The molecule has 0 amide bonds. The minimum absolute atomic E-state index is 0.520. The summed E-state index contributed by atoms with van der Waals surface area (Å²) < 4.78 is 0. The summed E-state index contributed by atoms with van der Waals surface area (Å²) in [5.41, 5.74) is 10.5. The monoisotopic (exact) mass is 296 g/mol. The minimum atomic E-state index is 0.520. The lowest BCUT2D eigenvalue weighted by Crippen LogP contribution is -2.02. The number of hydrogen-bond donors (Lipinski definition) is 2. The van der Waals surface area contributed by atoms with E-state index in [0.717, 1.165) is 11.4 Å². The van der Waals surface area contributed by atoms with Gasteiger partial charge >= 0.3 is 0 Å². The summed E-state index contributed by atoms with van der Waals surface area (Å²) in [7, 11) is 0. The number of anilines is 3. The Bertz CT molecular complexity index is 563. The number of rotatable bonds is 8.